The minimum absolute atomic E-state index is 0.191. The molecule has 1 aliphatic heterocycles. The van der Waals surface area contributed by atoms with Crippen LogP contribution in [0.25, 0.3) is 11.1 Å². The van der Waals surface area contributed by atoms with Crippen LogP contribution in [0.4, 0.5) is 5.69 Å². The van der Waals surface area contributed by atoms with Crippen molar-refractivity contribution in [2.45, 2.75) is 32.8 Å². The van der Waals surface area contributed by atoms with Crippen molar-refractivity contribution in [2.75, 3.05) is 5.32 Å². The Morgan fingerprint density at radius 2 is 2.18 bits per heavy atom. The number of nitrogens with zero attached hydrogens (tertiary/aromatic N) is 1. The Kier molecular flexibility index (Phi) is 3.18. The zero-order valence-electron chi connectivity index (χ0n) is 12.9. The molecule has 1 amide bonds. The van der Waals surface area contributed by atoms with Crippen LogP contribution >= 0.6 is 0 Å². The maximum Gasteiger partial charge on any atom is 0.261 e. The second-order valence-electron chi connectivity index (χ2n) is 5.91. The lowest BCUT2D eigenvalue weighted by molar-refractivity contribution is -0.133. The number of aromatic nitrogens is 1. The van der Waals surface area contributed by atoms with E-state index in [2.05, 4.69) is 17.1 Å². The molecule has 2 N–H and O–H groups in total. The molecule has 0 fully saturated rings. The first-order chi connectivity index (χ1) is 10.3. The van der Waals surface area contributed by atoms with E-state index < -0.39 is 11.5 Å². The van der Waals surface area contributed by atoms with Gasteiger partial charge in [-0.3, -0.25) is 4.79 Å². The van der Waals surface area contributed by atoms with Crippen LogP contribution in [0.3, 0.4) is 0 Å². The molecule has 1 aliphatic rings. The van der Waals surface area contributed by atoms with Crippen molar-refractivity contribution >= 4 is 11.6 Å². The summed E-state index contributed by atoms with van der Waals surface area (Å²) >= 11 is 0. The lowest BCUT2D eigenvalue weighted by Gasteiger charge is -2.21. The third-order valence-corrected chi connectivity index (χ3v) is 3.97. The maximum atomic E-state index is 12.2. The van der Waals surface area contributed by atoms with Crippen molar-refractivity contribution in [2.24, 2.45) is 0 Å². The van der Waals surface area contributed by atoms with Gasteiger partial charge in [0.2, 0.25) is 0 Å². The van der Waals surface area contributed by atoms with Gasteiger partial charge in [-0.1, -0.05) is 16.8 Å². The van der Waals surface area contributed by atoms with Crippen molar-refractivity contribution < 1.29 is 14.4 Å². The Morgan fingerprint density at radius 1 is 1.45 bits per heavy atom. The molecule has 5 nitrogen and oxygen atoms in total. The fraction of sp³-hybridized carbons (Fsp3) is 0.294. The van der Waals surface area contributed by atoms with Gasteiger partial charge >= 0.3 is 0 Å². The van der Waals surface area contributed by atoms with E-state index in [9.17, 15) is 9.90 Å². The molecule has 2 aromatic rings. The molecule has 0 saturated heterocycles. The van der Waals surface area contributed by atoms with Gasteiger partial charge in [0.1, 0.15) is 5.76 Å². The zero-order valence-corrected chi connectivity index (χ0v) is 12.9. The van der Waals surface area contributed by atoms with Crippen LogP contribution in [0, 0.1) is 13.8 Å². The van der Waals surface area contributed by atoms with E-state index >= 15 is 0 Å². The number of benzene rings is 1. The highest BCUT2D eigenvalue weighted by atomic mass is 16.5. The smallest absolute Gasteiger partial charge is 0.261 e. The van der Waals surface area contributed by atoms with Crippen molar-refractivity contribution in [3.63, 3.8) is 0 Å². The average Bonchev–Trinajstić information content (AvgIpc) is 2.88. The molecule has 0 bridgehead atoms. The number of amides is 1. The van der Waals surface area contributed by atoms with E-state index in [0.717, 1.165) is 22.4 Å². The predicted octanol–water partition coefficient (Wildman–Crippen LogP) is 3.06. The summed E-state index contributed by atoms with van der Waals surface area (Å²) in [6.45, 7) is 9.30. The van der Waals surface area contributed by atoms with Crippen LogP contribution < -0.4 is 5.32 Å². The fourth-order valence-corrected chi connectivity index (χ4v) is 3.01. The Balaban J connectivity index is 2.15. The Morgan fingerprint density at radius 3 is 2.77 bits per heavy atom. The highest BCUT2D eigenvalue weighted by molar-refractivity contribution is 6.05. The molecule has 1 aromatic heterocycles. The second kappa shape index (κ2) is 4.81. The second-order valence-corrected chi connectivity index (χ2v) is 5.91. The lowest BCUT2D eigenvalue weighted by atomic mass is 9.87. The Bertz CT molecular complexity index is 772. The van der Waals surface area contributed by atoms with Crippen LogP contribution in [0.2, 0.25) is 0 Å². The van der Waals surface area contributed by atoms with Crippen LogP contribution in [0.5, 0.6) is 0 Å². The summed E-state index contributed by atoms with van der Waals surface area (Å²) in [5, 5.41) is 17.5. The quantitative estimate of drug-likeness (QED) is 0.854. The summed E-state index contributed by atoms with van der Waals surface area (Å²) in [4.78, 5) is 12.2. The lowest BCUT2D eigenvalue weighted by Crippen LogP contribution is -2.34. The minimum atomic E-state index is -1.57. The molecule has 0 saturated carbocycles. The number of hydrogen-bond donors (Lipinski definition) is 2. The molecular formula is C17H18N2O3. The summed E-state index contributed by atoms with van der Waals surface area (Å²) in [6, 6.07) is 5.51. The summed E-state index contributed by atoms with van der Waals surface area (Å²) < 4.78 is 5.20. The number of rotatable bonds is 3. The van der Waals surface area contributed by atoms with Crippen LogP contribution in [0.15, 0.2) is 34.9 Å². The molecule has 1 aromatic carbocycles. The van der Waals surface area contributed by atoms with E-state index in [1.807, 2.05) is 26.0 Å². The molecule has 22 heavy (non-hydrogen) atoms. The summed E-state index contributed by atoms with van der Waals surface area (Å²) in [6.07, 6.45) is 0.191. The SMILES string of the molecule is C=C(C)CC1(O)C(=O)Nc2ccc(-c3c(C)noc3C)cc21. The monoisotopic (exact) mass is 298 g/mol. The maximum absolute atomic E-state index is 12.2. The van der Waals surface area contributed by atoms with Gasteiger partial charge in [-0.25, -0.2) is 0 Å². The number of nitrogens with one attached hydrogen (secondary N) is 1. The van der Waals surface area contributed by atoms with Crippen LogP contribution in [-0.4, -0.2) is 16.2 Å². The van der Waals surface area contributed by atoms with Crippen molar-refractivity contribution in [3.05, 3.63) is 47.4 Å². The molecular weight excluding hydrogens is 280 g/mol. The van der Waals surface area contributed by atoms with Crippen LogP contribution in [0.1, 0.15) is 30.4 Å². The molecule has 0 spiro atoms. The molecule has 1 unspecified atom stereocenters. The molecule has 0 radical (unpaired) electrons. The molecule has 114 valence electrons. The standard InChI is InChI=1S/C17H18N2O3/c1-9(2)8-17(21)13-7-12(5-6-14(13)18-16(17)20)15-10(3)19-22-11(15)4/h5-7,21H,1,8H2,2-4H3,(H,18,20). The van der Waals surface area contributed by atoms with Gasteiger partial charge in [-0.05, 0) is 38.5 Å². The summed E-state index contributed by atoms with van der Waals surface area (Å²) in [7, 11) is 0. The van der Waals surface area contributed by atoms with Crippen molar-refractivity contribution in [3.8, 4) is 11.1 Å². The van der Waals surface area contributed by atoms with Gasteiger partial charge in [0.05, 0.1) is 5.69 Å². The van der Waals surface area contributed by atoms with E-state index in [0.29, 0.717) is 17.0 Å². The first-order valence-electron chi connectivity index (χ1n) is 7.09. The largest absolute Gasteiger partial charge is 0.375 e. The number of anilines is 1. The van der Waals surface area contributed by atoms with Crippen molar-refractivity contribution in [1.29, 1.82) is 0 Å². The van der Waals surface area contributed by atoms with Gasteiger partial charge in [0.15, 0.2) is 5.60 Å². The van der Waals surface area contributed by atoms with Gasteiger partial charge < -0.3 is 14.9 Å². The van der Waals surface area contributed by atoms with Gasteiger partial charge in [0.25, 0.3) is 5.91 Å². The number of fused-ring (bicyclic) bond motifs is 1. The number of carbonyl (C=O) groups is 1. The highest BCUT2D eigenvalue weighted by Crippen LogP contribution is 2.42. The minimum Gasteiger partial charge on any atom is -0.375 e. The third kappa shape index (κ3) is 2.05. The van der Waals surface area contributed by atoms with Gasteiger partial charge in [0, 0.05) is 23.2 Å². The first-order valence-corrected chi connectivity index (χ1v) is 7.09. The van der Waals surface area contributed by atoms with E-state index in [4.69, 9.17) is 4.52 Å². The van der Waals surface area contributed by atoms with E-state index in [-0.39, 0.29) is 6.42 Å². The Labute approximate surface area is 128 Å². The molecule has 5 heteroatoms. The summed E-state index contributed by atoms with van der Waals surface area (Å²) in [5.74, 6) is 0.291. The van der Waals surface area contributed by atoms with Crippen molar-refractivity contribution in [1.82, 2.24) is 5.16 Å². The molecule has 0 aliphatic carbocycles. The number of aliphatic hydroxyl groups is 1. The molecule has 2 heterocycles. The fourth-order valence-electron chi connectivity index (χ4n) is 3.01. The normalized spacial score (nSPS) is 19.9. The topological polar surface area (TPSA) is 75.4 Å². The van der Waals surface area contributed by atoms with Gasteiger partial charge in [-0.15, -0.1) is 6.58 Å². The third-order valence-electron chi connectivity index (χ3n) is 3.97. The zero-order chi connectivity index (χ0) is 16.1. The Hall–Kier alpha value is -2.40. The summed E-state index contributed by atoms with van der Waals surface area (Å²) in [5.41, 5.74) is 2.90. The highest BCUT2D eigenvalue weighted by Gasteiger charge is 2.45. The average molecular weight is 298 g/mol. The number of hydrogen-bond acceptors (Lipinski definition) is 4. The number of carbonyl (C=O) groups excluding carboxylic acids is 1. The number of aryl methyl sites for hydroxylation is 2. The molecule has 1 atom stereocenters. The first kappa shape index (κ1) is 14.5. The van der Waals surface area contributed by atoms with Gasteiger partial charge in [-0.2, -0.15) is 0 Å². The van der Waals surface area contributed by atoms with E-state index in [1.54, 1.807) is 13.0 Å². The van der Waals surface area contributed by atoms with E-state index in [1.165, 1.54) is 0 Å². The predicted molar refractivity (Wildman–Crippen MR) is 83.4 cm³/mol. The molecule has 3 rings (SSSR count). The van der Waals surface area contributed by atoms with Crippen LogP contribution in [-0.2, 0) is 10.4 Å².